The molecule has 0 aromatic heterocycles. The number of esters is 1. The van der Waals surface area contributed by atoms with E-state index in [9.17, 15) is 9.59 Å². The van der Waals surface area contributed by atoms with Gasteiger partial charge in [-0.3, -0.25) is 9.59 Å². The number of ketones is 1. The maximum atomic E-state index is 13.5. The highest BCUT2D eigenvalue weighted by Gasteiger charge is 2.62. The predicted molar refractivity (Wildman–Crippen MR) is 129 cm³/mol. The van der Waals surface area contributed by atoms with E-state index in [0.717, 1.165) is 16.7 Å². The Morgan fingerprint density at radius 3 is 2.03 bits per heavy atom. The Balaban J connectivity index is 1.46. The first-order valence-corrected chi connectivity index (χ1v) is 11.5. The van der Waals surface area contributed by atoms with E-state index in [-0.39, 0.29) is 24.2 Å². The molecule has 3 atom stereocenters. The first-order valence-electron chi connectivity index (χ1n) is 11.5. The summed E-state index contributed by atoms with van der Waals surface area (Å²) in [6.45, 7) is 4.77. The van der Waals surface area contributed by atoms with Crippen molar-refractivity contribution in [2.75, 3.05) is 0 Å². The molecule has 5 rings (SSSR count). The molecule has 0 radical (unpaired) electrons. The van der Waals surface area contributed by atoms with Crippen molar-refractivity contribution in [3.8, 4) is 0 Å². The first-order chi connectivity index (χ1) is 16.6. The van der Waals surface area contributed by atoms with Crippen molar-refractivity contribution < 1.29 is 19.1 Å². The van der Waals surface area contributed by atoms with E-state index < -0.39 is 11.4 Å². The second-order valence-electron chi connectivity index (χ2n) is 8.88. The van der Waals surface area contributed by atoms with Crippen molar-refractivity contribution >= 4 is 11.8 Å². The highest BCUT2D eigenvalue weighted by molar-refractivity contribution is 6.14. The lowest BCUT2D eigenvalue weighted by Crippen LogP contribution is -2.41. The van der Waals surface area contributed by atoms with Gasteiger partial charge in [0.1, 0.15) is 19.0 Å². The summed E-state index contributed by atoms with van der Waals surface area (Å²) >= 11 is 0. The average molecular weight is 451 g/mol. The predicted octanol–water partition coefficient (Wildman–Crippen LogP) is 5.76. The second-order valence-corrected chi connectivity index (χ2v) is 8.88. The Bertz CT molecular complexity index is 1230. The Kier molecular flexibility index (Phi) is 5.89. The zero-order chi connectivity index (χ0) is 23.5. The van der Waals surface area contributed by atoms with Crippen LogP contribution in [0.15, 0.2) is 115 Å². The quantitative estimate of drug-likeness (QED) is 0.261. The van der Waals surface area contributed by atoms with Crippen LogP contribution in [0, 0.1) is 11.3 Å². The summed E-state index contributed by atoms with van der Waals surface area (Å²) in [5, 5.41) is 0. The third-order valence-electron chi connectivity index (χ3n) is 6.88. The minimum atomic E-state index is -1.39. The molecule has 34 heavy (non-hydrogen) atoms. The fourth-order valence-corrected chi connectivity index (χ4v) is 5.12. The zero-order valence-corrected chi connectivity index (χ0v) is 18.9. The van der Waals surface area contributed by atoms with E-state index in [4.69, 9.17) is 9.47 Å². The number of hydrogen-bond donors (Lipinski definition) is 0. The standard InChI is InChI=1S/C30H26O4/c1-21-28(24-15-9-4-10-16-24)25-18-30(21,29(32)34-20-23-13-7-3-8-14-23)27(31)17-26(25)33-19-22-11-5-2-6-12-22/h2-17,25,28H,1,18-20H2. The monoisotopic (exact) mass is 450 g/mol. The van der Waals surface area contributed by atoms with Gasteiger partial charge in [-0.05, 0) is 28.7 Å². The van der Waals surface area contributed by atoms with Crippen LogP contribution < -0.4 is 0 Å². The molecule has 0 saturated heterocycles. The lowest BCUT2D eigenvalue weighted by atomic mass is 9.75. The number of ether oxygens (including phenoxy) is 2. The molecule has 0 aliphatic heterocycles. The van der Waals surface area contributed by atoms with Gasteiger partial charge in [0.15, 0.2) is 11.2 Å². The van der Waals surface area contributed by atoms with Crippen LogP contribution in [-0.2, 0) is 32.3 Å². The van der Waals surface area contributed by atoms with Crippen molar-refractivity contribution in [3.63, 3.8) is 0 Å². The number of rotatable bonds is 7. The van der Waals surface area contributed by atoms with E-state index >= 15 is 0 Å². The van der Waals surface area contributed by atoms with E-state index in [1.165, 1.54) is 6.08 Å². The molecule has 1 fully saturated rings. The fraction of sp³-hybridized carbons (Fsp3) is 0.200. The molecule has 3 aromatic carbocycles. The van der Waals surface area contributed by atoms with E-state index in [1.54, 1.807) is 0 Å². The largest absolute Gasteiger partial charge is 0.493 e. The van der Waals surface area contributed by atoms with Gasteiger partial charge in [-0.25, -0.2) is 0 Å². The topological polar surface area (TPSA) is 52.6 Å². The zero-order valence-electron chi connectivity index (χ0n) is 18.9. The minimum absolute atomic E-state index is 0.115. The molecule has 0 spiro atoms. The molecule has 1 saturated carbocycles. The number of allylic oxidation sites excluding steroid dienone is 2. The van der Waals surface area contributed by atoms with Crippen LogP contribution in [0.3, 0.4) is 0 Å². The lowest BCUT2D eigenvalue weighted by Gasteiger charge is -2.29. The van der Waals surface area contributed by atoms with E-state index in [2.05, 4.69) is 6.58 Å². The minimum Gasteiger partial charge on any atom is -0.493 e. The number of carbonyl (C=O) groups is 2. The molecule has 0 amide bonds. The van der Waals surface area contributed by atoms with E-state index in [1.807, 2.05) is 91.0 Å². The van der Waals surface area contributed by atoms with Gasteiger partial charge in [0, 0.05) is 17.9 Å². The highest BCUT2D eigenvalue weighted by Crippen LogP contribution is 2.60. The van der Waals surface area contributed by atoms with Gasteiger partial charge in [0.2, 0.25) is 0 Å². The van der Waals surface area contributed by atoms with Gasteiger partial charge in [0.25, 0.3) is 0 Å². The van der Waals surface area contributed by atoms with Crippen molar-refractivity contribution in [2.24, 2.45) is 11.3 Å². The van der Waals surface area contributed by atoms with Crippen LogP contribution in [0.5, 0.6) is 0 Å². The smallest absolute Gasteiger partial charge is 0.324 e. The Morgan fingerprint density at radius 1 is 0.853 bits per heavy atom. The summed E-state index contributed by atoms with van der Waals surface area (Å²) in [5.41, 5.74) is 2.10. The van der Waals surface area contributed by atoms with Gasteiger partial charge >= 0.3 is 5.97 Å². The van der Waals surface area contributed by atoms with Crippen LogP contribution >= 0.6 is 0 Å². The number of fused-ring (bicyclic) bond motifs is 2. The van der Waals surface area contributed by atoms with Gasteiger partial charge < -0.3 is 9.47 Å². The SMILES string of the molecule is C=C1C(c2ccccc2)C2CC1(C(=O)OCc1ccccc1)C(=O)C=C2OCc1ccccc1. The van der Waals surface area contributed by atoms with Crippen molar-refractivity contribution in [3.05, 3.63) is 132 Å². The Hall–Kier alpha value is -3.92. The second kappa shape index (κ2) is 9.14. The fourth-order valence-electron chi connectivity index (χ4n) is 5.12. The summed E-state index contributed by atoms with van der Waals surface area (Å²) in [5.74, 6) is -0.617. The van der Waals surface area contributed by atoms with Crippen LogP contribution in [-0.4, -0.2) is 11.8 Å². The van der Waals surface area contributed by atoms with Crippen molar-refractivity contribution in [1.82, 2.24) is 0 Å². The molecule has 0 heterocycles. The van der Waals surface area contributed by atoms with Gasteiger partial charge in [-0.1, -0.05) is 97.6 Å². The van der Waals surface area contributed by atoms with E-state index in [0.29, 0.717) is 24.4 Å². The number of carbonyl (C=O) groups excluding carboxylic acids is 2. The molecule has 2 aliphatic rings. The molecule has 4 nitrogen and oxygen atoms in total. The maximum absolute atomic E-state index is 13.5. The highest BCUT2D eigenvalue weighted by atomic mass is 16.5. The molecule has 0 N–H and O–H groups in total. The van der Waals surface area contributed by atoms with Gasteiger partial charge in [0.05, 0.1) is 0 Å². The third-order valence-corrected chi connectivity index (χ3v) is 6.88. The van der Waals surface area contributed by atoms with Crippen LogP contribution in [0.25, 0.3) is 0 Å². The molecule has 4 heteroatoms. The Labute approximate surface area is 199 Å². The average Bonchev–Trinajstić information content (AvgIpc) is 3.16. The van der Waals surface area contributed by atoms with Gasteiger partial charge in [-0.2, -0.15) is 0 Å². The molecule has 170 valence electrons. The molecular formula is C30H26O4. The normalized spacial score (nSPS) is 23.4. The lowest BCUT2D eigenvalue weighted by molar-refractivity contribution is -0.158. The Morgan fingerprint density at radius 2 is 1.41 bits per heavy atom. The van der Waals surface area contributed by atoms with Crippen LogP contribution in [0.4, 0.5) is 0 Å². The van der Waals surface area contributed by atoms with Crippen LogP contribution in [0.2, 0.25) is 0 Å². The first kappa shape index (κ1) is 21.9. The molecule has 2 bridgehead atoms. The molecular weight excluding hydrogens is 424 g/mol. The summed E-state index contributed by atoms with van der Waals surface area (Å²) in [6, 6.07) is 29.2. The molecule has 3 unspecified atom stereocenters. The summed E-state index contributed by atoms with van der Waals surface area (Å²) in [6.07, 6.45) is 1.80. The van der Waals surface area contributed by atoms with Crippen LogP contribution in [0.1, 0.15) is 29.0 Å². The maximum Gasteiger partial charge on any atom is 0.324 e. The molecule has 3 aromatic rings. The third kappa shape index (κ3) is 3.86. The summed E-state index contributed by atoms with van der Waals surface area (Å²) < 4.78 is 11.9. The number of benzene rings is 3. The van der Waals surface area contributed by atoms with Gasteiger partial charge in [-0.15, -0.1) is 0 Å². The number of hydrogen-bond acceptors (Lipinski definition) is 4. The van der Waals surface area contributed by atoms with Crippen molar-refractivity contribution in [1.29, 1.82) is 0 Å². The molecule has 2 aliphatic carbocycles. The summed E-state index contributed by atoms with van der Waals surface area (Å²) in [7, 11) is 0. The summed E-state index contributed by atoms with van der Waals surface area (Å²) in [4.78, 5) is 27.0. The van der Waals surface area contributed by atoms with Crippen molar-refractivity contribution in [2.45, 2.75) is 25.6 Å².